The first-order valence-electron chi connectivity index (χ1n) is 10.0. The van der Waals surface area contributed by atoms with E-state index in [-0.39, 0.29) is 12.4 Å². The number of aliphatic hydroxyl groups excluding tert-OH is 2. The fourth-order valence-electron chi connectivity index (χ4n) is 3.28. The number of carboxylic acid groups (broad SMARTS) is 2. The van der Waals surface area contributed by atoms with Gasteiger partial charge in [0.25, 0.3) is 0 Å². The highest BCUT2D eigenvalue weighted by Gasteiger charge is 2.35. The second-order valence-corrected chi connectivity index (χ2v) is 7.41. The van der Waals surface area contributed by atoms with E-state index in [1.165, 1.54) is 12.1 Å². The predicted octanol–water partition coefficient (Wildman–Crippen LogP) is 1.08. The number of carbonyl (C=O) groups is 2. The summed E-state index contributed by atoms with van der Waals surface area (Å²) >= 11 is 5.17. The number of aromatic amines is 1. The van der Waals surface area contributed by atoms with Gasteiger partial charge in [-0.25, -0.2) is 9.59 Å². The number of aromatic nitrogens is 3. The number of aliphatic carboxylic acids is 2. The van der Waals surface area contributed by atoms with E-state index in [1.54, 1.807) is 23.0 Å². The number of hydrogen-bond acceptors (Lipinski definition) is 9. The topological polar surface area (TPSA) is 173 Å². The molecule has 0 bridgehead atoms. The third kappa shape index (κ3) is 5.70. The van der Waals surface area contributed by atoms with Gasteiger partial charge in [0.2, 0.25) is 0 Å². The standard InChI is InChI=1S/C21H23N5O7S/c27-9-17(19(29)30)26(18(10-28)20(31)32)15-5-2-6-16(8-15)33-12-22-13-3-1-4-14(7-13)25-11-23-24-21(25)34/h1-8,11,17-18,22,27-28H,9-10,12H2,(H,24,34)(H,29,30)(H,31,32). The summed E-state index contributed by atoms with van der Waals surface area (Å²) in [5, 5.41) is 47.6. The average Bonchev–Trinajstić information content (AvgIpc) is 3.25. The molecule has 0 amide bonds. The third-order valence-corrected chi connectivity index (χ3v) is 5.18. The van der Waals surface area contributed by atoms with Crippen molar-refractivity contribution in [2.75, 3.05) is 30.2 Å². The highest BCUT2D eigenvalue weighted by molar-refractivity contribution is 7.71. The summed E-state index contributed by atoms with van der Waals surface area (Å²) in [5.74, 6) is -2.56. The molecule has 3 rings (SSSR count). The van der Waals surface area contributed by atoms with Crippen molar-refractivity contribution in [2.45, 2.75) is 12.1 Å². The monoisotopic (exact) mass is 489 g/mol. The Kier molecular flexibility index (Phi) is 8.19. The fourth-order valence-corrected chi connectivity index (χ4v) is 3.49. The zero-order valence-electron chi connectivity index (χ0n) is 17.7. The lowest BCUT2D eigenvalue weighted by Gasteiger charge is -2.34. The zero-order chi connectivity index (χ0) is 24.7. The molecule has 0 fully saturated rings. The second kappa shape index (κ2) is 11.3. The van der Waals surface area contributed by atoms with Crippen LogP contribution in [-0.2, 0) is 9.59 Å². The van der Waals surface area contributed by atoms with E-state index in [2.05, 4.69) is 15.5 Å². The maximum absolute atomic E-state index is 11.6. The van der Waals surface area contributed by atoms with Crippen LogP contribution >= 0.6 is 12.2 Å². The first-order valence-corrected chi connectivity index (χ1v) is 10.4. The average molecular weight is 490 g/mol. The number of nitrogens with zero attached hydrogens (tertiary/aromatic N) is 3. The molecule has 0 radical (unpaired) electrons. The highest BCUT2D eigenvalue weighted by Crippen LogP contribution is 2.26. The van der Waals surface area contributed by atoms with Crippen molar-refractivity contribution in [3.63, 3.8) is 0 Å². The number of rotatable bonds is 12. The van der Waals surface area contributed by atoms with Crippen LogP contribution in [-0.4, -0.2) is 79.2 Å². The van der Waals surface area contributed by atoms with Gasteiger partial charge in [-0.15, -0.1) is 0 Å². The minimum absolute atomic E-state index is 0.0361. The Morgan fingerprint density at radius 2 is 1.76 bits per heavy atom. The Bertz CT molecular complexity index is 1180. The molecule has 180 valence electrons. The van der Waals surface area contributed by atoms with Gasteiger partial charge in [0, 0.05) is 17.4 Å². The number of anilines is 2. The predicted molar refractivity (Wildman–Crippen MR) is 124 cm³/mol. The van der Waals surface area contributed by atoms with Crippen molar-refractivity contribution >= 4 is 35.5 Å². The summed E-state index contributed by atoms with van der Waals surface area (Å²) in [5.41, 5.74) is 1.67. The number of carboxylic acids is 2. The van der Waals surface area contributed by atoms with Crippen molar-refractivity contribution in [3.05, 3.63) is 59.6 Å². The quantitative estimate of drug-likeness (QED) is 0.159. The van der Waals surface area contributed by atoms with Crippen LogP contribution in [0.25, 0.3) is 5.69 Å². The molecule has 0 aliphatic rings. The molecule has 34 heavy (non-hydrogen) atoms. The molecule has 2 aromatic carbocycles. The van der Waals surface area contributed by atoms with Crippen molar-refractivity contribution < 1.29 is 34.8 Å². The first kappa shape index (κ1) is 24.7. The lowest BCUT2D eigenvalue weighted by atomic mass is 10.1. The molecule has 0 saturated carbocycles. The highest BCUT2D eigenvalue weighted by atomic mass is 32.1. The third-order valence-electron chi connectivity index (χ3n) is 4.89. The van der Waals surface area contributed by atoms with Crippen LogP contribution in [0.4, 0.5) is 11.4 Å². The van der Waals surface area contributed by atoms with Crippen molar-refractivity contribution in [3.8, 4) is 11.4 Å². The van der Waals surface area contributed by atoms with Crippen LogP contribution in [0.15, 0.2) is 54.9 Å². The van der Waals surface area contributed by atoms with Gasteiger partial charge in [-0.3, -0.25) is 9.67 Å². The van der Waals surface area contributed by atoms with Gasteiger partial charge in [0.05, 0.1) is 18.9 Å². The Morgan fingerprint density at radius 3 is 2.35 bits per heavy atom. The number of ether oxygens (including phenoxy) is 1. The van der Waals surface area contributed by atoms with Crippen LogP contribution in [0.2, 0.25) is 0 Å². The van der Waals surface area contributed by atoms with Gasteiger partial charge in [-0.05, 0) is 42.5 Å². The Hall–Kier alpha value is -3.94. The molecule has 0 aliphatic carbocycles. The summed E-state index contributed by atoms with van der Waals surface area (Å²) in [4.78, 5) is 24.1. The number of benzene rings is 2. The molecular weight excluding hydrogens is 466 g/mol. The number of aliphatic hydroxyl groups is 2. The van der Waals surface area contributed by atoms with Crippen LogP contribution in [0.1, 0.15) is 0 Å². The van der Waals surface area contributed by atoms with Gasteiger partial charge in [-0.2, -0.15) is 5.10 Å². The summed E-state index contributed by atoms with van der Waals surface area (Å²) in [6.45, 7) is -1.68. The SMILES string of the molecule is O=C(O)C(CO)N(c1cccc(OCNc2cccc(-n3cn[nH]c3=S)c2)c1)C(CO)C(=O)O. The van der Waals surface area contributed by atoms with Crippen molar-refractivity contribution in [1.29, 1.82) is 0 Å². The van der Waals surface area contributed by atoms with Gasteiger partial charge in [0.15, 0.2) is 23.6 Å². The van der Waals surface area contributed by atoms with Crippen molar-refractivity contribution in [1.82, 2.24) is 14.8 Å². The van der Waals surface area contributed by atoms with E-state index in [0.29, 0.717) is 10.5 Å². The fraction of sp³-hybridized carbons (Fsp3) is 0.238. The first-order chi connectivity index (χ1) is 16.3. The summed E-state index contributed by atoms with van der Waals surface area (Å²) in [6, 6.07) is 10.2. The van der Waals surface area contributed by atoms with E-state index in [4.69, 9.17) is 17.0 Å². The van der Waals surface area contributed by atoms with Gasteiger partial charge in [0.1, 0.15) is 12.1 Å². The largest absolute Gasteiger partial charge is 0.480 e. The van der Waals surface area contributed by atoms with Crippen LogP contribution < -0.4 is 15.0 Å². The summed E-state index contributed by atoms with van der Waals surface area (Å²) in [7, 11) is 0. The maximum Gasteiger partial charge on any atom is 0.328 e. The lowest BCUT2D eigenvalue weighted by Crippen LogP contribution is -2.54. The molecule has 2 atom stereocenters. The van der Waals surface area contributed by atoms with E-state index >= 15 is 0 Å². The molecule has 13 heteroatoms. The van der Waals surface area contributed by atoms with E-state index in [0.717, 1.165) is 16.3 Å². The molecular formula is C21H23N5O7S. The molecule has 6 N–H and O–H groups in total. The minimum Gasteiger partial charge on any atom is -0.480 e. The maximum atomic E-state index is 11.6. The molecule has 0 aliphatic heterocycles. The molecule has 1 aromatic heterocycles. The number of nitrogens with one attached hydrogen (secondary N) is 2. The van der Waals surface area contributed by atoms with E-state index in [1.807, 2.05) is 24.3 Å². The van der Waals surface area contributed by atoms with Gasteiger partial charge in [-0.1, -0.05) is 12.1 Å². The number of hydrogen-bond donors (Lipinski definition) is 6. The number of H-pyrrole nitrogens is 1. The summed E-state index contributed by atoms with van der Waals surface area (Å²) in [6.07, 6.45) is 1.56. The molecule has 1 heterocycles. The zero-order valence-corrected chi connectivity index (χ0v) is 18.6. The molecule has 3 aromatic rings. The molecule has 0 spiro atoms. The normalized spacial score (nSPS) is 12.5. The van der Waals surface area contributed by atoms with Crippen LogP contribution in [0, 0.1) is 4.77 Å². The van der Waals surface area contributed by atoms with E-state index < -0.39 is 37.2 Å². The van der Waals surface area contributed by atoms with Crippen LogP contribution in [0.5, 0.6) is 5.75 Å². The minimum atomic E-state index is -1.58. The van der Waals surface area contributed by atoms with Crippen LogP contribution in [0.3, 0.4) is 0 Å². The second-order valence-electron chi connectivity index (χ2n) is 7.03. The van der Waals surface area contributed by atoms with E-state index in [9.17, 15) is 30.0 Å². The summed E-state index contributed by atoms with van der Waals surface area (Å²) < 4.78 is 7.84. The smallest absolute Gasteiger partial charge is 0.328 e. The molecule has 12 nitrogen and oxygen atoms in total. The van der Waals surface area contributed by atoms with Crippen molar-refractivity contribution in [2.24, 2.45) is 0 Å². The van der Waals surface area contributed by atoms with Gasteiger partial charge < -0.3 is 35.4 Å². The Morgan fingerprint density at radius 1 is 1.09 bits per heavy atom. The molecule has 0 saturated heterocycles. The lowest BCUT2D eigenvalue weighted by molar-refractivity contribution is -0.142. The Labute approximate surface area is 198 Å². The van der Waals surface area contributed by atoms with Gasteiger partial charge >= 0.3 is 11.9 Å². The Balaban J connectivity index is 1.76. The molecule has 2 unspecified atom stereocenters.